The molecule has 4 heterocycles. The van der Waals surface area contributed by atoms with Crippen molar-refractivity contribution >= 4 is 55.9 Å². The number of carbonyl (C=O) groups excluding carboxylic acids is 3. The average molecular weight is 751 g/mol. The summed E-state index contributed by atoms with van der Waals surface area (Å²) in [5.74, 6) is -1.09. The molecule has 2 unspecified atom stereocenters. The van der Waals surface area contributed by atoms with Crippen molar-refractivity contribution in [2.24, 2.45) is 0 Å². The number of Topliss-reactive ketones (excluding diaryl/α,β-unsaturated/α-hetero) is 1. The molecule has 1 amide bonds. The molecule has 6 rings (SSSR count). The van der Waals surface area contributed by atoms with Gasteiger partial charge in [0.25, 0.3) is 5.91 Å². The van der Waals surface area contributed by atoms with Gasteiger partial charge in [-0.1, -0.05) is 15.9 Å². The van der Waals surface area contributed by atoms with Crippen LogP contribution in [0, 0.1) is 0 Å². The third kappa shape index (κ3) is 5.44. The van der Waals surface area contributed by atoms with Gasteiger partial charge in [-0.15, -0.1) is 0 Å². The van der Waals surface area contributed by atoms with Crippen LogP contribution in [0.15, 0.2) is 18.2 Å². The van der Waals surface area contributed by atoms with Gasteiger partial charge < -0.3 is 64.0 Å². The van der Waals surface area contributed by atoms with E-state index in [0.29, 0.717) is 33.7 Å². The Balaban J connectivity index is 1.49. The van der Waals surface area contributed by atoms with E-state index in [4.69, 9.17) is 28.4 Å². The van der Waals surface area contributed by atoms with Crippen LogP contribution in [0.25, 0.3) is 10.9 Å². The molecule has 0 radical (unpaired) electrons. The Labute approximate surface area is 287 Å². The number of carbonyl (C=O) groups is 3. The second-order valence-corrected chi connectivity index (χ2v) is 13.3. The van der Waals surface area contributed by atoms with Gasteiger partial charge in [0.1, 0.15) is 35.9 Å². The molecule has 1 fully saturated rings. The Kier molecular flexibility index (Phi) is 9.18. The van der Waals surface area contributed by atoms with Gasteiger partial charge in [-0.3, -0.25) is 9.59 Å². The van der Waals surface area contributed by atoms with Crippen LogP contribution in [-0.4, -0.2) is 126 Å². The lowest BCUT2D eigenvalue weighted by Gasteiger charge is -2.40. The number of methoxy groups -OCH3 is 4. The number of hydrogen-bond donors (Lipinski definition) is 6. The molecule has 3 aromatic rings. The summed E-state index contributed by atoms with van der Waals surface area (Å²) in [6.45, 7) is 0.800. The van der Waals surface area contributed by atoms with Crippen molar-refractivity contribution in [3.63, 3.8) is 0 Å². The molecule has 264 valence electrons. The zero-order valence-electron chi connectivity index (χ0n) is 27.1. The van der Waals surface area contributed by atoms with E-state index in [1.165, 1.54) is 39.2 Å². The number of ether oxygens (including phenoxy) is 6. The number of benzene rings is 2. The minimum Gasteiger partial charge on any atom is -0.493 e. The van der Waals surface area contributed by atoms with Crippen LogP contribution in [0.1, 0.15) is 33.3 Å². The number of esters is 1. The molecule has 0 saturated carbocycles. The Morgan fingerprint density at radius 2 is 1.73 bits per heavy atom. The molecular formula is C32H36BrN3O13. The fraction of sp³-hybridized carbons (Fsp3) is 0.469. The summed E-state index contributed by atoms with van der Waals surface area (Å²) in [5.41, 5.74) is -0.415. The molecule has 1 saturated heterocycles. The fourth-order valence-corrected chi connectivity index (χ4v) is 7.19. The lowest BCUT2D eigenvalue weighted by Crippen LogP contribution is -2.60. The number of nitrogens with one attached hydrogen (secondary N) is 2. The number of halogens is 1. The number of aromatic nitrogens is 1. The largest absolute Gasteiger partial charge is 0.493 e. The van der Waals surface area contributed by atoms with E-state index in [9.17, 15) is 34.8 Å². The van der Waals surface area contributed by atoms with Crippen LogP contribution in [0.4, 0.5) is 11.4 Å². The third-order valence-electron chi connectivity index (χ3n) is 9.11. The van der Waals surface area contributed by atoms with E-state index < -0.39 is 60.5 Å². The van der Waals surface area contributed by atoms with Crippen LogP contribution in [0.3, 0.4) is 0 Å². The fourth-order valence-electron chi connectivity index (χ4n) is 6.57. The molecule has 6 N–H and O–H groups in total. The molecule has 7 atom stereocenters. The Morgan fingerprint density at radius 3 is 2.37 bits per heavy atom. The van der Waals surface area contributed by atoms with E-state index in [1.54, 1.807) is 12.1 Å². The number of amides is 1. The molecule has 1 aromatic heterocycles. The zero-order valence-corrected chi connectivity index (χ0v) is 28.7. The van der Waals surface area contributed by atoms with Crippen molar-refractivity contribution in [3.8, 4) is 23.0 Å². The van der Waals surface area contributed by atoms with E-state index in [2.05, 4.69) is 26.2 Å². The second kappa shape index (κ2) is 13.0. The van der Waals surface area contributed by atoms with Gasteiger partial charge >= 0.3 is 5.97 Å². The number of ketones is 1. The summed E-state index contributed by atoms with van der Waals surface area (Å²) >= 11 is 3.63. The highest BCUT2D eigenvalue weighted by Gasteiger charge is 2.53. The maximum Gasteiger partial charge on any atom is 0.339 e. The average Bonchev–Trinajstić information content (AvgIpc) is 3.65. The Morgan fingerprint density at radius 1 is 1.02 bits per heavy atom. The molecule has 49 heavy (non-hydrogen) atoms. The van der Waals surface area contributed by atoms with Crippen LogP contribution in [-0.2, 0) is 20.7 Å². The van der Waals surface area contributed by atoms with Gasteiger partial charge in [0.15, 0.2) is 17.0 Å². The predicted octanol–water partition coefficient (Wildman–Crippen LogP) is 0.879. The smallest absolute Gasteiger partial charge is 0.339 e. The van der Waals surface area contributed by atoms with Crippen LogP contribution in [0.2, 0.25) is 0 Å². The first-order chi connectivity index (χ1) is 23.3. The van der Waals surface area contributed by atoms with E-state index >= 15 is 0 Å². The topological polar surface area (TPSA) is 219 Å². The number of nitrogens with zero attached hydrogens (tertiary/aromatic N) is 1. The standard InChI is InChI=1S/C32H36BrN3O13/c1-32(31(43)47-5)28(41)20-14-8-13(33)10-36(29(42)15-6-12-7-18(44-2)26(45-3)27(46-4)21(12)34-15)16(14)9-17(22(20)35-32)48-30-25(40)24(39)23(38)19(11-37)49-30/h6-7,9,13,19,23-25,30,34-35,37-40H,8,10-11H2,1-5H3/t13-,19?,23+,24?,25-,30+,32+/m0/s1. The Bertz CT molecular complexity index is 1830. The van der Waals surface area contributed by atoms with E-state index in [0.717, 1.165) is 7.11 Å². The molecular weight excluding hydrogens is 714 g/mol. The molecule has 2 aromatic carbocycles. The molecule has 3 aliphatic rings. The lowest BCUT2D eigenvalue weighted by molar-refractivity contribution is -0.277. The maximum absolute atomic E-state index is 14.4. The highest BCUT2D eigenvalue weighted by molar-refractivity contribution is 9.09. The number of aliphatic hydroxyl groups excluding tert-OH is 4. The minimum atomic E-state index is -1.88. The maximum atomic E-state index is 14.4. The quantitative estimate of drug-likeness (QED) is 0.107. The first kappa shape index (κ1) is 34.7. The Hall–Kier alpha value is -4.13. The predicted molar refractivity (Wildman–Crippen MR) is 175 cm³/mol. The summed E-state index contributed by atoms with van der Waals surface area (Å²) in [6.07, 6.45) is -7.82. The molecule has 17 heteroatoms. The zero-order chi connectivity index (χ0) is 35.5. The molecule has 3 aliphatic heterocycles. The third-order valence-corrected chi connectivity index (χ3v) is 9.72. The summed E-state index contributed by atoms with van der Waals surface area (Å²) in [7, 11) is 5.54. The highest BCUT2D eigenvalue weighted by Crippen LogP contribution is 2.49. The summed E-state index contributed by atoms with van der Waals surface area (Å²) in [4.78, 5) is 45.6. The number of hydrogen-bond acceptors (Lipinski definition) is 14. The van der Waals surface area contributed by atoms with Crippen molar-refractivity contribution in [2.45, 2.75) is 54.4 Å². The van der Waals surface area contributed by atoms with E-state index in [1.807, 2.05) is 0 Å². The molecule has 0 spiro atoms. The van der Waals surface area contributed by atoms with E-state index in [-0.39, 0.29) is 46.2 Å². The van der Waals surface area contributed by atoms with Crippen molar-refractivity contribution < 1.29 is 63.2 Å². The van der Waals surface area contributed by atoms with Crippen LogP contribution < -0.4 is 29.2 Å². The lowest BCUT2D eigenvalue weighted by atomic mass is 9.88. The van der Waals surface area contributed by atoms with Gasteiger partial charge in [0.05, 0.1) is 57.5 Å². The highest BCUT2D eigenvalue weighted by atomic mass is 79.9. The number of alkyl halides is 1. The van der Waals surface area contributed by atoms with Gasteiger partial charge in [0, 0.05) is 22.8 Å². The summed E-state index contributed by atoms with van der Waals surface area (Å²) in [6, 6.07) is 4.78. The van der Waals surface area contributed by atoms with Crippen molar-refractivity contribution in [1.82, 2.24) is 4.98 Å². The van der Waals surface area contributed by atoms with Gasteiger partial charge in [0.2, 0.25) is 17.8 Å². The SMILES string of the molecule is COC(=O)[C@]1(C)Nc2c(O[C@@H]3OC(CO)[C@@H](O)C(O)[C@@H]3O)cc3c(c2C1=O)C[C@H](Br)CN3C(=O)c1cc2cc(OC)c(OC)c(OC)c2[nH]1. The molecule has 16 nitrogen and oxygen atoms in total. The normalized spacial score (nSPS) is 27.6. The number of aliphatic hydroxyl groups is 4. The monoisotopic (exact) mass is 749 g/mol. The van der Waals surface area contributed by atoms with Crippen molar-refractivity contribution in [2.75, 3.05) is 51.8 Å². The van der Waals surface area contributed by atoms with Crippen molar-refractivity contribution in [1.29, 1.82) is 0 Å². The van der Waals surface area contributed by atoms with Gasteiger partial charge in [-0.2, -0.15) is 0 Å². The first-order valence-electron chi connectivity index (χ1n) is 15.2. The number of fused-ring (bicyclic) bond motifs is 4. The first-order valence-corrected chi connectivity index (χ1v) is 16.1. The van der Waals surface area contributed by atoms with Crippen molar-refractivity contribution in [3.05, 3.63) is 35.0 Å². The van der Waals surface area contributed by atoms with Crippen LogP contribution >= 0.6 is 15.9 Å². The second-order valence-electron chi connectivity index (χ2n) is 12.0. The number of rotatable bonds is 8. The number of H-pyrrole nitrogens is 1. The van der Waals surface area contributed by atoms with Gasteiger partial charge in [-0.25, -0.2) is 4.79 Å². The molecule has 0 aliphatic carbocycles. The number of anilines is 2. The number of aromatic amines is 1. The molecule has 0 bridgehead atoms. The van der Waals surface area contributed by atoms with Crippen LogP contribution in [0.5, 0.6) is 23.0 Å². The summed E-state index contributed by atoms with van der Waals surface area (Å²) < 4.78 is 33.1. The van der Waals surface area contributed by atoms with Gasteiger partial charge in [-0.05, 0) is 31.0 Å². The summed E-state index contributed by atoms with van der Waals surface area (Å²) in [5, 5.41) is 44.7. The minimum absolute atomic E-state index is 0.0553.